The molecular weight excluding hydrogens is 825 g/mol. The predicted molar refractivity (Wildman–Crippen MR) is 227 cm³/mol. The van der Waals surface area contributed by atoms with Gasteiger partial charge in [0.25, 0.3) is 0 Å². The molecule has 8 aliphatic carbocycles. The lowest BCUT2D eigenvalue weighted by Gasteiger charge is -2.60. The van der Waals surface area contributed by atoms with E-state index < -0.39 is 39.3 Å². The van der Waals surface area contributed by atoms with Gasteiger partial charge in [-0.25, -0.2) is 4.79 Å². The Kier molecular flexibility index (Phi) is 12.1. The quantitative estimate of drug-likeness (QED) is 0.149. The number of carbonyl (C=O) groups excluding carboxylic acids is 7. The lowest BCUT2D eigenvalue weighted by Crippen LogP contribution is -2.60. The number of cyclic esters (lactones) is 1. The van der Waals surface area contributed by atoms with Crippen LogP contribution in [0.3, 0.4) is 0 Å². The third-order valence-electron chi connectivity index (χ3n) is 18.0. The maximum Gasteiger partial charge on any atom is 0.347 e. The Morgan fingerprint density at radius 2 is 1.20 bits per heavy atom. The fourth-order valence-electron chi connectivity index (χ4n) is 13.3. The normalized spacial score (nSPS) is 41.3. The summed E-state index contributed by atoms with van der Waals surface area (Å²) in [5.41, 5.74) is -2.62. The molecule has 14 heteroatoms. The van der Waals surface area contributed by atoms with E-state index in [9.17, 15) is 33.6 Å². The van der Waals surface area contributed by atoms with Crippen molar-refractivity contribution in [2.24, 2.45) is 74.9 Å². The van der Waals surface area contributed by atoms with Crippen LogP contribution in [0.15, 0.2) is 0 Å². The lowest BCUT2D eigenvalue weighted by atomic mass is 9.48. The zero-order chi connectivity index (χ0) is 46.5. The maximum absolute atomic E-state index is 13.1. The van der Waals surface area contributed by atoms with Gasteiger partial charge >= 0.3 is 41.8 Å². The van der Waals surface area contributed by atoms with Crippen molar-refractivity contribution < 1.29 is 66.7 Å². The average molecular weight is 897 g/mol. The van der Waals surface area contributed by atoms with Crippen LogP contribution in [0.2, 0.25) is 0 Å². The van der Waals surface area contributed by atoms with E-state index in [0.29, 0.717) is 55.5 Å². The summed E-state index contributed by atoms with van der Waals surface area (Å²) in [6.07, 6.45) is 8.73. The van der Waals surface area contributed by atoms with Crippen LogP contribution < -0.4 is 0 Å². The standard InChI is InChI=1S/C21H30O6.C15H22O4.C14H20O4/c1-4-19(2,3)17(23)27-21-10-13-7-14(11-21)9-20(8-13,12-21)18(24)26-15-5-6-25-16(15)22;1-5-15(3,4)14(17)19-11-8-6-9-10(7(8)2)13(16)18-12(9)11;1-4-14(2,3)13(16)18-10-7-5-8-9(6-7)12(15)17-11(8)10/h13-15H,4-12H2,1-3H3;7-12H,5-6H2,1-4H3;7-11H,4-6H2,1-3H3. The maximum atomic E-state index is 13.1. The smallest absolute Gasteiger partial charge is 0.347 e. The van der Waals surface area contributed by atoms with Gasteiger partial charge < -0.3 is 33.2 Å². The zero-order valence-electron chi connectivity index (χ0n) is 39.7. The number of hydrogen-bond donors (Lipinski definition) is 0. The van der Waals surface area contributed by atoms with Crippen LogP contribution in [0.5, 0.6) is 0 Å². The molecule has 14 atom stereocenters. The van der Waals surface area contributed by atoms with Crippen LogP contribution in [0, 0.1) is 74.9 Å². The first-order valence-corrected chi connectivity index (χ1v) is 24.4. The number of esters is 7. The van der Waals surface area contributed by atoms with Gasteiger partial charge in [0.2, 0.25) is 6.10 Å². The average Bonchev–Trinajstić information content (AvgIpc) is 4.10. The Bertz CT molecular complexity index is 1900. The van der Waals surface area contributed by atoms with Crippen molar-refractivity contribution in [1.29, 1.82) is 0 Å². The van der Waals surface area contributed by atoms with Crippen LogP contribution in [-0.2, 0) is 66.7 Å². The number of rotatable bonds is 11. The molecule has 11 rings (SSSR count). The van der Waals surface area contributed by atoms with Gasteiger partial charge in [-0.15, -0.1) is 0 Å². The van der Waals surface area contributed by atoms with Crippen molar-refractivity contribution in [1.82, 2.24) is 0 Å². The molecule has 0 aromatic carbocycles. The Hall–Kier alpha value is -3.71. The molecule has 0 amide bonds. The molecule has 14 unspecified atom stereocenters. The van der Waals surface area contributed by atoms with Crippen molar-refractivity contribution in [3.8, 4) is 0 Å². The van der Waals surface area contributed by atoms with Crippen LogP contribution >= 0.6 is 0 Å². The van der Waals surface area contributed by atoms with E-state index in [0.717, 1.165) is 64.2 Å². The van der Waals surface area contributed by atoms with Crippen LogP contribution in [0.4, 0.5) is 0 Å². The summed E-state index contributed by atoms with van der Waals surface area (Å²) in [5, 5.41) is 0. The number of fused-ring (bicyclic) bond motifs is 2. The largest absolute Gasteiger partial charge is 0.463 e. The summed E-state index contributed by atoms with van der Waals surface area (Å²) >= 11 is 0. The summed E-state index contributed by atoms with van der Waals surface area (Å²) in [5.74, 6) is 0.941. The summed E-state index contributed by atoms with van der Waals surface area (Å²) in [6, 6.07) is 0. The molecule has 8 saturated carbocycles. The lowest BCUT2D eigenvalue weighted by molar-refractivity contribution is -0.219. The second-order valence-electron chi connectivity index (χ2n) is 23.4. The molecule has 3 aliphatic heterocycles. The Morgan fingerprint density at radius 1 is 0.641 bits per heavy atom. The number of ether oxygens (including phenoxy) is 7. The first-order chi connectivity index (χ1) is 30.0. The molecule has 0 aromatic rings. The molecule has 11 aliphatic rings. The molecule has 0 radical (unpaired) electrons. The number of carbonyl (C=O) groups is 7. The van der Waals surface area contributed by atoms with E-state index in [2.05, 4.69) is 6.92 Å². The van der Waals surface area contributed by atoms with Gasteiger partial charge in [0.05, 0.1) is 40.1 Å². The van der Waals surface area contributed by atoms with Crippen molar-refractivity contribution in [3.05, 3.63) is 0 Å². The van der Waals surface area contributed by atoms with Crippen LogP contribution in [-0.4, -0.2) is 84.5 Å². The van der Waals surface area contributed by atoms with Crippen molar-refractivity contribution in [2.75, 3.05) is 6.61 Å². The molecule has 64 heavy (non-hydrogen) atoms. The molecule has 3 saturated heterocycles. The molecule has 8 bridgehead atoms. The molecule has 3 heterocycles. The second-order valence-corrected chi connectivity index (χ2v) is 23.4. The third-order valence-corrected chi connectivity index (χ3v) is 18.0. The van der Waals surface area contributed by atoms with Gasteiger partial charge in [0.15, 0.2) is 0 Å². The second kappa shape index (κ2) is 16.6. The summed E-state index contributed by atoms with van der Waals surface area (Å²) < 4.78 is 38.9. The fraction of sp³-hybridized carbons (Fsp3) is 0.860. The molecule has 14 nitrogen and oxygen atoms in total. The van der Waals surface area contributed by atoms with Gasteiger partial charge in [-0.05, 0) is 130 Å². The summed E-state index contributed by atoms with van der Waals surface area (Å²) in [4.78, 5) is 85.4. The predicted octanol–water partition coefficient (Wildman–Crippen LogP) is 7.24. The van der Waals surface area contributed by atoms with E-state index in [4.69, 9.17) is 33.2 Å². The van der Waals surface area contributed by atoms with E-state index in [1.807, 2.05) is 62.3 Å². The number of hydrogen-bond acceptors (Lipinski definition) is 14. The summed E-state index contributed by atoms with van der Waals surface area (Å²) in [6.45, 7) is 19.7. The van der Waals surface area contributed by atoms with Gasteiger partial charge in [0, 0.05) is 36.5 Å². The highest BCUT2D eigenvalue weighted by Crippen LogP contribution is 2.64. The SMILES string of the molecule is CCC(C)(C)C(=O)OC12CC3CC(C1)CC(C(=O)OC1CCOC1=O)(C3)C2.CCC(C)(C)C(=O)OC1C2CC3C(=O)OC1C3C2.CCC(C)(C)C(=O)OC1C2CC3C1OC(=O)C3C2C. The molecule has 11 fully saturated rings. The first kappa shape index (κ1) is 46.8. The fourth-order valence-corrected chi connectivity index (χ4v) is 13.3. The molecule has 356 valence electrons. The minimum Gasteiger partial charge on any atom is -0.463 e. The minimum atomic E-state index is -0.775. The first-order valence-electron chi connectivity index (χ1n) is 24.4. The molecular formula is C50H72O14. The van der Waals surface area contributed by atoms with Crippen molar-refractivity contribution in [3.63, 3.8) is 0 Å². The topological polar surface area (TPSA) is 184 Å². The van der Waals surface area contributed by atoms with Gasteiger partial charge in [-0.3, -0.25) is 28.8 Å². The third kappa shape index (κ3) is 8.04. The van der Waals surface area contributed by atoms with Gasteiger partial charge in [0.1, 0.15) is 30.0 Å². The van der Waals surface area contributed by atoms with E-state index in [1.165, 1.54) is 0 Å². The Balaban J connectivity index is 0.000000135. The van der Waals surface area contributed by atoms with Crippen molar-refractivity contribution >= 4 is 41.8 Å². The molecule has 0 aromatic heterocycles. The van der Waals surface area contributed by atoms with E-state index in [-0.39, 0.29) is 83.9 Å². The monoisotopic (exact) mass is 896 g/mol. The van der Waals surface area contributed by atoms with Gasteiger partial charge in [-0.1, -0.05) is 27.7 Å². The van der Waals surface area contributed by atoms with E-state index >= 15 is 0 Å². The van der Waals surface area contributed by atoms with Crippen LogP contribution in [0.25, 0.3) is 0 Å². The van der Waals surface area contributed by atoms with E-state index in [1.54, 1.807) is 0 Å². The van der Waals surface area contributed by atoms with Crippen LogP contribution in [0.1, 0.15) is 153 Å². The van der Waals surface area contributed by atoms with Crippen molar-refractivity contribution in [2.45, 2.75) is 189 Å². The minimum absolute atomic E-state index is 0.0455. The molecule has 0 spiro atoms. The highest BCUT2D eigenvalue weighted by atomic mass is 16.6. The zero-order valence-corrected chi connectivity index (χ0v) is 39.7. The van der Waals surface area contributed by atoms with Gasteiger partial charge in [-0.2, -0.15) is 0 Å². The molecule has 0 N–H and O–H groups in total. The Labute approximate surface area is 378 Å². The summed E-state index contributed by atoms with van der Waals surface area (Å²) in [7, 11) is 0. The Morgan fingerprint density at radius 3 is 1.78 bits per heavy atom. The highest BCUT2D eigenvalue weighted by Gasteiger charge is 2.68. The highest BCUT2D eigenvalue weighted by molar-refractivity contribution is 5.84.